The third kappa shape index (κ3) is 5.97. The summed E-state index contributed by atoms with van der Waals surface area (Å²) in [6, 6.07) is 17.5. The van der Waals surface area contributed by atoms with Crippen LogP contribution in [0.15, 0.2) is 60.7 Å². The number of benzene rings is 2. The van der Waals surface area contributed by atoms with Crippen LogP contribution in [0, 0.1) is 0 Å². The highest BCUT2D eigenvalue weighted by Crippen LogP contribution is 2.24. The van der Waals surface area contributed by atoms with Crippen LogP contribution in [0.1, 0.15) is 17.5 Å². The Morgan fingerprint density at radius 2 is 1.88 bits per heavy atom. The van der Waals surface area contributed by atoms with Crippen LogP contribution >= 0.6 is 0 Å². The molecule has 1 unspecified atom stereocenters. The van der Waals surface area contributed by atoms with Gasteiger partial charge in [0.05, 0.1) is 24.2 Å². The topological polar surface area (TPSA) is 79.0 Å². The van der Waals surface area contributed by atoms with Crippen molar-refractivity contribution >= 4 is 27.7 Å². The molecule has 32 heavy (non-hydrogen) atoms. The molecule has 1 amide bonds. The van der Waals surface area contributed by atoms with Gasteiger partial charge in [0.15, 0.2) is 0 Å². The number of sulfonamides is 1. The van der Waals surface area contributed by atoms with Gasteiger partial charge in [-0.1, -0.05) is 42.5 Å². The Morgan fingerprint density at radius 3 is 2.59 bits per heavy atom. The van der Waals surface area contributed by atoms with E-state index in [0.29, 0.717) is 31.8 Å². The van der Waals surface area contributed by atoms with E-state index in [-0.39, 0.29) is 17.8 Å². The first-order chi connectivity index (χ1) is 15.5. The van der Waals surface area contributed by atoms with Gasteiger partial charge in [-0.3, -0.25) is 14.0 Å². The van der Waals surface area contributed by atoms with E-state index in [9.17, 15) is 13.2 Å². The number of ether oxygens (including phenoxy) is 1. The second-order valence-electron chi connectivity index (χ2n) is 8.13. The largest absolute Gasteiger partial charge is 0.374 e. The quantitative estimate of drug-likeness (QED) is 0.648. The van der Waals surface area contributed by atoms with Gasteiger partial charge in [-0.05, 0) is 35.8 Å². The molecule has 2 aromatic carbocycles. The molecule has 7 nitrogen and oxygen atoms in total. The molecule has 0 bridgehead atoms. The van der Waals surface area contributed by atoms with E-state index < -0.39 is 10.0 Å². The minimum Gasteiger partial charge on any atom is -0.374 e. The first-order valence-electron chi connectivity index (χ1n) is 10.9. The predicted molar refractivity (Wildman–Crippen MR) is 126 cm³/mol. The second-order valence-corrected chi connectivity index (χ2v) is 10.1. The summed E-state index contributed by atoms with van der Waals surface area (Å²) >= 11 is 0. The standard InChI is InChI=1S/C24H29N3O4S/c28-24(12-9-20-7-10-22(11-8-20)27-13-4-16-32(27,29)30)25-17-23-19-26(14-15-31-23)18-21-5-2-1-3-6-21/h1-3,5-12,23H,4,13-19H2,(H,25,28)/b12-9+. The van der Waals surface area contributed by atoms with Gasteiger partial charge in [0, 0.05) is 38.8 Å². The van der Waals surface area contributed by atoms with E-state index >= 15 is 0 Å². The van der Waals surface area contributed by atoms with Crippen molar-refractivity contribution in [1.29, 1.82) is 0 Å². The zero-order valence-corrected chi connectivity index (χ0v) is 18.8. The Kier molecular flexibility index (Phi) is 7.24. The minimum atomic E-state index is -3.18. The Bertz CT molecular complexity index is 1040. The van der Waals surface area contributed by atoms with Crippen LogP contribution < -0.4 is 9.62 Å². The lowest BCUT2D eigenvalue weighted by molar-refractivity contribution is -0.117. The molecule has 2 aliphatic heterocycles. The van der Waals surface area contributed by atoms with Crippen molar-refractivity contribution in [2.75, 3.05) is 42.8 Å². The first kappa shape index (κ1) is 22.5. The van der Waals surface area contributed by atoms with E-state index in [1.807, 2.05) is 30.3 Å². The van der Waals surface area contributed by atoms with E-state index in [1.165, 1.54) is 15.9 Å². The maximum absolute atomic E-state index is 12.2. The van der Waals surface area contributed by atoms with Gasteiger partial charge in [-0.25, -0.2) is 8.42 Å². The van der Waals surface area contributed by atoms with Gasteiger partial charge >= 0.3 is 0 Å². The lowest BCUT2D eigenvalue weighted by Gasteiger charge is -2.33. The highest BCUT2D eigenvalue weighted by molar-refractivity contribution is 7.93. The molecule has 2 fully saturated rings. The molecule has 0 spiro atoms. The van der Waals surface area contributed by atoms with Crippen molar-refractivity contribution in [3.63, 3.8) is 0 Å². The minimum absolute atomic E-state index is 0.0356. The highest BCUT2D eigenvalue weighted by Gasteiger charge is 2.28. The Labute approximate surface area is 189 Å². The first-order valence-corrected chi connectivity index (χ1v) is 12.5. The van der Waals surface area contributed by atoms with Gasteiger partial charge in [0.25, 0.3) is 0 Å². The van der Waals surface area contributed by atoms with Crippen LogP contribution in [-0.4, -0.2) is 63.9 Å². The molecule has 2 aromatic rings. The molecule has 2 saturated heterocycles. The van der Waals surface area contributed by atoms with Crippen molar-refractivity contribution in [2.24, 2.45) is 0 Å². The molecule has 8 heteroatoms. The van der Waals surface area contributed by atoms with Crippen LogP contribution in [0.3, 0.4) is 0 Å². The van der Waals surface area contributed by atoms with Gasteiger partial charge < -0.3 is 10.1 Å². The molecular formula is C24H29N3O4S. The van der Waals surface area contributed by atoms with E-state index in [4.69, 9.17) is 4.74 Å². The number of rotatable bonds is 7. The van der Waals surface area contributed by atoms with Crippen molar-refractivity contribution in [1.82, 2.24) is 10.2 Å². The fraction of sp³-hybridized carbons (Fsp3) is 0.375. The summed E-state index contributed by atoms with van der Waals surface area (Å²) in [4.78, 5) is 14.6. The summed E-state index contributed by atoms with van der Waals surface area (Å²) in [5.74, 6) is 0.0174. The molecule has 1 atom stereocenters. The molecule has 170 valence electrons. The normalized spacial score (nSPS) is 21.1. The monoisotopic (exact) mass is 455 g/mol. The molecule has 0 saturated carbocycles. The number of hydrogen-bond acceptors (Lipinski definition) is 5. The van der Waals surface area contributed by atoms with Crippen LogP contribution in [0.5, 0.6) is 0 Å². The van der Waals surface area contributed by atoms with Gasteiger partial charge in [-0.15, -0.1) is 0 Å². The fourth-order valence-corrected chi connectivity index (χ4v) is 5.58. The summed E-state index contributed by atoms with van der Waals surface area (Å²) < 4.78 is 31.3. The lowest BCUT2D eigenvalue weighted by atomic mass is 10.2. The van der Waals surface area contributed by atoms with Crippen LogP contribution in [0.2, 0.25) is 0 Å². The lowest BCUT2D eigenvalue weighted by Crippen LogP contribution is -2.46. The molecule has 2 heterocycles. The molecule has 2 aliphatic rings. The van der Waals surface area contributed by atoms with Gasteiger partial charge in [0.2, 0.25) is 15.9 Å². The van der Waals surface area contributed by atoms with Gasteiger partial charge in [0.1, 0.15) is 0 Å². The van der Waals surface area contributed by atoms with E-state index in [1.54, 1.807) is 18.2 Å². The SMILES string of the molecule is O=C(/C=C/c1ccc(N2CCCS2(=O)=O)cc1)NCC1CN(Cc2ccccc2)CCO1. The van der Waals surface area contributed by atoms with Crippen molar-refractivity contribution < 1.29 is 17.9 Å². The summed E-state index contributed by atoms with van der Waals surface area (Å²) in [6.45, 7) is 4.17. The molecular weight excluding hydrogens is 426 g/mol. The summed E-state index contributed by atoms with van der Waals surface area (Å²) in [7, 11) is -3.18. The van der Waals surface area contributed by atoms with Crippen LogP contribution in [-0.2, 0) is 26.1 Å². The predicted octanol–water partition coefficient (Wildman–Crippen LogP) is 2.26. The number of nitrogens with zero attached hydrogens (tertiary/aromatic N) is 2. The number of anilines is 1. The van der Waals surface area contributed by atoms with E-state index in [0.717, 1.165) is 25.2 Å². The smallest absolute Gasteiger partial charge is 0.244 e. The fourth-order valence-electron chi connectivity index (χ4n) is 4.02. The maximum Gasteiger partial charge on any atom is 0.244 e. The average molecular weight is 456 g/mol. The molecule has 0 radical (unpaired) electrons. The summed E-state index contributed by atoms with van der Waals surface area (Å²) in [6.07, 6.45) is 3.83. The Hall–Kier alpha value is -2.68. The van der Waals surface area contributed by atoms with Crippen LogP contribution in [0.4, 0.5) is 5.69 Å². The molecule has 1 N–H and O–H groups in total. The third-order valence-corrected chi connectivity index (χ3v) is 7.55. The Morgan fingerprint density at radius 1 is 1.09 bits per heavy atom. The number of nitrogens with one attached hydrogen (secondary N) is 1. The van der Waals surface area contributed by atoms with E-state index in [2.05, 4.69) is 22.3 Å². The van der Waals surface area contributed by atoms with Crippen molar-refractivity contribution in [3.8, 4) is 0 Å². The summed E-state index contributed by atoms with van der Waals surface area (Å²) in [5, 5.41) is 2.91. The van der Waals surface area contributed by atoms with Gasteiger partial charge in [-0.2, -0.15) is 0 Å². The number of morpholine rings is 1. The van der Waals surface area contributed by atoms with Crippen LogP contribution in [0.25, 0.3) is 6.08 Å². The second kappa shape index (κ2) is 10.3. The van der Waals surface area contributed by atoms with Crippen molar-refractivity contribution in [2.45, 2.75) is 19.1 Å². The summed E-state index contributed by atoms with van der Waals surface area (Å²) in [5.41, 5.74) is 2.77. The third-order valence-electron chi connectivity index (χ3n) is 5.68. The number of amides is 1. The Balaban J connectivity index is 1.24. The maximum atomic E-state index is 12.2. The van der Waals surface area contributed by atoms with Crippen molar-refractivity contribution in [3.05, 3.63) is 71.8 Å². The molecule has 4 rings (SSSR count). The zero-order valence-electron chi connectivity index (χ0n) is 18.0. The molecule has 0 aromatic heterocycles. The number of hydrogen-bond donors (Lipinski definition) is 1. The molecule has 0 aliphatic carbocycles. The highest BCUT2D eigenvalue weighted by atomic mass is 32.2. The number of carbonyl (C=O) groups excluding carboxylic acids is 1. The number of carbonyl (C=O) groups is 1. The zero-order chi connectivity index (χ0) is 22.4. The average Bonchev–Trinajstić information content (AvgIpc) is 3.16.